The van der Waals surface area contributed by atoms with Gasteiger partial charge in [0.1, 0.15) is 6.61 Å². The van der Waals surface area contributed by atoms with E-state index < -0.39 is 0 Å². The monoisotopic (exact) mass is 350 g/mol. The first-order valence-electron chi connectivity index (χ1n) is 9.18. The largest absolute Gasteiger partial charge is 0.461 e. The zero-order valence-electron chi connectivity index (χ0n) is 15.4. The molecule has 136 valence electrons. The van der Waals surface area contributed by atoms with Crippen molar-refractivity contribution in [3.63, 3.8) is 0 Å². The van der Waals surface area contributed by atoms with Crippen LogP contribution in [0.3, 0.4) is 0 Å². The summed E-state index contributed by atoms with van der Waals surface area (Å²) in [6.45, 7) is 5.50. The van der Waals surface area contributed by atoms with Gasteiger partial charge >= 0.3 is 5.97 Å². The second-order valence-electron chi connectivity index (χ2n) is 6.82. The first kappa shape index (κ1) is 18.2. The Bertz CT molecular complexity index is 771. The molecule has 0 saturated carbocycles. The molecule has 0 bridgehead atoms. The van der Waals surface area contributed by atoms with E-state index in [-0.39, 0.29) is 12.0 Å². The zero-order chi connectivity index (χ0) is 18.4. The van der Waals surface area contributed by atoms with Crippen molar-refractivity contribution < 1.29 is 9.53 Å². The van der Waals surface area contributed by atoms with Gasteiger partial charge in [0, 0.05) is 18.9 Å². The van der Waals surface area contributed by atoms with Gasteiger partial charge < -0.3 is 10.1 Å². The number of ether oxygens (including phenoxy) is 1. The van der Waals surface area contributed by atoms with Crippen molar-refractivity contribution in [3.05, 3.63) is 70.8 Å². The number of nitrogens with one attached hydrogen (secondary N) is 1. The van der Waals surface area contributed by atoms with E-state index in [4.69, 9.17) is 4.74 Å². The molecule has 1 heterocycles. The van der Waals surface area contributed by atoms with E-state index in [2.05, 4.69) is 30.2 Å². The van der Waals surface area contributed by atoms with Crippen molar-refractivity contribution in [1.82, 2.24) is 5.32 Å². The van der Waals surface area contributed by atoms with Crippen LogP contribution in [0.5, 0.6) is 0 Å². The van der Waals surface area contributed by atoms with Crippen molar-refractivity contribution in [3.8, 4) is 0 Å². The highest BCUT2D eigenvalue weighted by atomic mass is 16.5. The van der Waals surface area contributed by atoms with Gasteiger partial charge in [-0.15, -0.1) is 0 Å². The van der Waals surface area contributed by atoms with E-state index in [1.54, 1.807) is 6.34 Å². The van der Waals surface area contributed by atoms with Crippen molar-refractivity contribution in [2.45, 2.75) is 45.3 Å². The molecule has 1 aliphatic heterocycles. The fourth-order valence-corrected chi connectivity index (χ4v) is 3.36. The number of benzene rings is 2. The number of aryl methyl sites for hydroxylation is 1. The maximum atomic E-state index is 12.1. The highest BCUT2D eigenvalue weighted by Gasteiger charge is 2.22. The van der Waals surface area contributed by atoms with Crippen LogP contribution in [-0.4, -0.2) is 24.9 Å². The number of carbonyl (C=O) groups excluding carboxylic acids is 1. The summed E-state index contributed by atoms with van der Waals surface area (Å²) in [6, 6.07) is 16.5. The van der Waals surface area contributed by atoms with Gasteiger partial charge in [0.05, 0.1) is 12.4 Å². The third kappa shape index (κ3) is 4.51. The maximum Gasteiger partial charge on any atom is 0.306 e. The number of esters is 1. The van der Waals surface area contributed by atoms with E-state index in [1.165, 1.54) is 11.1 Å². The minimum absolute atomic E-state index is 0.156. The maximum absolute atomic E-state index is 12.1. The Balaban J connectivity index is 1.57. The minimum Gasteiger partial charge on any atom is -0.461 e. The molecule has 0 aliphatic carbocycles. The second kappa shape index (κ2) is 8.65. The molecular formula is C22H26N2O2. The minimum atomic E-state index is -0.156. The first-order valence-corrected chi connectivity index (χ1v) is 9.18. The van der Waals surface area contributed by atoms with Crippen molar-refractivity contribution in [1.29, 1.82) is 0 Å². The van der Waals surface area contributed by atoms with E-state index in [0.29, 0.717) is 25.4 Å². The second-order valence-corrected chi connectivity index (χ2v) is 6.82. The third-order valence-electron chi connectivity index (χ3n) is 5.09. The number of aliphatic imine (C=N–C) groups is 1. The van der Waals surface area contributed by atoms with Gasteiger partial charge in [-0.3, -0.25) is 9.79 Å². The Hall–Kier alpha value is -2.62. The first-order chi connectivity index (χ1) is 12.6. The molecule has 26 heavy (non-hydrogen) atoms. The normalized spacial score (nSPS) is 16.9. The van der Waals surface area contributed by atoms with E-state index in [9.17, 15) is 4.79 Å². The Labute approximate surface area is 155 Å². The number of hydrogen-bond acceptors (Lipinski definition) is 4. The van der Waals surface area contributed by atoms with Crippen LogP contribution < -0.4 is 5.32 Å². The molecule has 2 atom stereocenters. The van der Waals surface area contributed by atoms with Crippen molar-refractivity contribution in [2.75, 3.05) is 6.54 Å². The molecule has 1 N–H and O–H groups in total. The molecule has 0 radical (unpaired) electrons. The zero-order valence-corrected chi connectivity index (χ0v) is 15.4. The van der Waals surface area contributed by atoms with Crippen LogP contribution in [-0.2, 0) is 22.6 Å². The molecule has 0 spiro atoms. The Morgan fingerprint density at radius 2 is 2.04 bits per heavy atom. The summed E-state index contributed by atoms with van der Waals surface area (Å²) in [6.07, 6.45) is 2.90. The van der Waals surface area contributed by atoms with Crippen molar-refractivity contribution in [2.24, 2.45) is 4.99 Å². The lowest BCUT2D eigenvalue weighted by atomic mass is 9.88. The van der Waals surface area contributed by atoms with Gasteiger partial charge in [-0.05, 0) is 35.6 Å². The summed E-state index contributed by atoms with van der Waals surface area (Å²) in [4.78, 5) is 16.6. The lowest BCUT2D eigenvalue weighted by Crippen LogP contribution is -2.21. The number of hydrogen-bond donors (Lipinski definition) is 1. The topological polar surface area (TPSA) is 50.7 Å². The van der Waals surface area contributed by atoms with Crippen LogP contribution in [0, 0.1) is 6.92 Å². The predicted molar refractivity (Wildman–Crippen MR) is 104 cm³/mol. The number of nitrogens with zero attached hydrogens (tertiary/aromatic N) is 1. The van der Waals surface area contributed by atoms with Crippen molar-refractivity contribution >= 4 is 12.3 Å². The van der Waals surface area contributed by atoms with Crippen LogP contribution in [0.4, 0.5) is 0 Å². The highest BCUT2D eigenvalue weighted by molar-refractivity contribution is 5.69. The molecule has 0 aromatic heterocycles. The van der Waals surface area contributed by atoms with E-state index >= 15 is 0 Å². The molecule has 1 aliphatic rings. The van der Waals surface area contributed by atoms with Gasteiger partial charge in [-0.1, -0.05) is 55.5 Å². The molecule has 0 fully saturated rings. The smallest absolute Gasteiger partial charge is 0.306 e. The van der Waals surface area contributed by atoms with Crippen LogP contribution in [0.1, 0.15) is 41.5 Å². The highest BCUT2D eigenvalue weighted by Crippen LogP contribution is 2.27. The fourth-order valence-electron chi connectivity index (χ4n) is 3.36. The molecule has 0 amide bonds. The van der Waals surface area contributed by atoms with Gasteiger partial charge in [0.25, 0.3) is 0 Å². The molecule has 0 saturated heterocycles. The van der Waals surface area contributed by atoms with Gasteiger partial charge in [-0.2, -0.15) is 0 Å². The van der Waals surface area contributed by atoms with Crippen LogP contribution in [0.2, 0.25) is 0 Å². The van der Waals surface area contributed by atoms with E-state index in [0.717, 1.165) is 17.7 Å². The number of carbonyl (C=O) groups is 1. The molecule has 3 rings (SSSR count). The summed E-state index contributed by atoms with van der Waals surface area (Å²) < 4.78 is 5.51. The average molecular weight is 350 g/mol. The summed E-state index contributed by atoms with van der Waals surface area (Å²) in [5.74, 6) is 0.172. The SMILES string of the molecule is Cc1c(COC(=O)CCc2ccccc2)cccc1[C@H](C)C1CNC=N1. The molecular weight excluding hydrogens is 324 g/mol. The predicted octanol–water partition coefficient (Wildman–Crippen LogP) is 3.77. The quantitative estimate of drug-likeness (QED) is 0.773. The van der Waals surface area contributed by atoms with Gasteiger partial charge in [-0.25, -0.2) is 0 Å². The Morgan fingerprint density at radius 1 is 1.23 bits per heavy atom. The average Bonchev–Trinajstić information content (AvgIpc) is 3.20. The Morgan fingerprint density at radius 3 is 2.77 bits per heavy atom. The molecule has 1 unspecified atom stereocenters. The summed E-state index contributed by atoms with van der Waals surface area (Å²) in [7, 11) is 0. The van der Waals surface area contributed by atoms with Crippen LogP contribution in [0.25, 0.3) is 0 Å². The number of rotatable bonds is 7. The molecule has 2 aromatic carbocycles. The fraction of sp³-hybridized carbons (Fsp3) is 0.364. The molecule has 2 aromatic rings. The van der Waals surface area contributed by atoms with Crippen LogP contribution >= 0.6 is 0 Å². The third-order valence-corrected chi connectivity index (χ3v) is 5.09. The lowest BCUT2D eigenvalue weighted by Gasteiger charge is -2.20. The summed E-state index contributed by atoms with van der Waals surface area (Å²) in [5, 5.41) is 3.16. The summed E-state index contributed by atoms with van der Waals surface area (Å²) in [5.41, 5.74) is 4.69. The molecule has 4 heteroatoms. The summed E-state index contributed by atoms with van der Waals surface area (Å²) >= 11 is 0. The van der Waals surface area contributed by atoms with Crippen LogP contribution in [0.15, 0.2) is 53.5 Å². The Kier molecular flexibility index (Phi) is 6.05. The van der Waals surface area contributed by atoms with E-state index in [1.807, 2.05) is 42.5 Å². The van der Waals surface area contributed by atoms with Gasteiger partial charge in [0.2, 0.25) is 0 Å². The van der Waals surface area contributed by atoms with Gasteiger partial charge in [0.15, 0.2) is 0 Å². The standard InChI is InChI=1S/C22H26N2O2/c1-16-19(9-6-10-20(16)17(2)21-13-23-15-24-21)14-26-22(25)12-11-18-7-4-3-5-8-18/h3-10,15,17,21H,11-14H2,1-2H3,(H,23,24)/t17-,21?/m0/s1. The molecule has 4 nitrogen and oxygen atoms in total. The lowest BCUT2D eigenvalue weighted by molar-refractivity contribution is -0.144.